The number of sulfonamides is 1. The molecule has 1 unspecified atom stereocenters. The van der Waals surface area contributed by atoms with E-state index in [1.165, 1.54) is 0 Å². The molecule has 1 amide bonds. The molecule has 1 aromatic rings. The summed E-state index contributed by atoms with van der Waals surface area (Å²) in [5.74, 6) is -0.340. The summed E-state index contributed by atoms with van der Waals surface area (Å²) < 4.78 is 25.1. The van der Waals surface area contributed by atoms with Crippen LogP contribution in [0.2, 0.25) is 0 Å². The predicted molar refractivity (Wildman–Crippen MR) is 94.0 cm³/mol. The van der Waals surface area contributed by atoms with Crippen LogP contribution in [0.25, 0.3) is 0 Å². The molecule has 0 fully saturated rings. The summed E-state index contributed by atoms with van der Waals surface area (Å²) in [4.78, 5) is 12.4. The summed E-state index contributed by atoms with van der Waals surface area (Å²) >= 11 is 0. The monoisotopic (exact) mass is 361 g/mol. The van der Waals surface area contributed by atoms with E-state index in [4.69, 9.17) is 5.73 Å². The zero-order valence-electron chi connectivity index (χ0n) is 13.5. The van der Waals surface area contributed by atoms with Crippen molar-refractivity contribution in [2.75, 3.05) is 12.0 Å². The first-order valence-electron chi connectivity index (χ1n) is 7.27. The van der Waals surface area contributed by atoms with Gasteiger partial charge in [0, 0.05) is 5.69 Å². The first-order valence-corrected chi connectivity index (χ1v) is 9.16. The molecule has 1 atom stereocenters. The largest absolute Gasteiger partial charge is 0.399 e. The molecular formula is C15H24ClN3O3S. The number of hydrogen-bond acceptors (Lipinski definition) is 4. The molecule has 2 rings (SSSR count). The number of carbonyl (C=O) groups is 1. The van der Waals surface area contributed by atoms with E-state index in [9.17, 15) is 13.2 Å². The molecule has 6 nitrogen and oxygen atoms in total. The molecule has 0 aliphatic heterocycles. The van der Waals surface area contributed by atoms with Crippen molar-refractivity contribution in [1.82, 2.24) is 10.0 Å². The van der Waals surface area contributed by atoms with Crippen LogP contribution in [0.3, 0.4) is 0 Å². The topological polar surface area (TPSA) is 101 Å². The Morgan fingerprint density at radius 2 is 2.00 bits per heavy atom. The van der Waals surface area contributed by atoms with Gasteiger partial charge in [0.25, 0.3) is 0 Å². The third-order valence-electron chi connectivity index (χ3n) is 3.79. The van der Waals surface area contributed by atoms with Crippen molar-refractivity contribution >= 4 is 34.0 Å². The molecule has 23 heavy (non-hydrogen) atoms. The smallest absolute Gasteiger partial charge is 0.241 e. The molecule has 1 aliphatic carbocycles. The van der Waals surface area contributed by atoms with Crippen LogP contribution in [0.4, 0.5) is 5.69 Å². The number of nitrogens with one attached hydrogen (secondary N) is 2. The first-order chi connectivity index (χ1) is 10.1. The van der Waals surface area contributed by atoms with Crippen LogP contribution < -0.4 is 15.8 Å². The molecular weight excluding hydrogens is 338 g/mol. The van der Waals surface area contributed by atoms with Crippen LogP contribution in [-0.4, -0.2) is 26.1 Å². The first kappa shape index (κ1) is 19.7. The number of carbonyl (C=O) groups excluding carboxylic acids is 1. The second kappa shape index (κ2) is 7.07. The van der Waals surface area contributed by atoms with Crippen LogP contribution in [0.5, 0.6) is 0 Å². The number of nitrogen functional groups attached to an aromatic ring is 1. The van der Waals surface area contributed by atoms with E-state index in [1.54, 1.807) is 13.8 Å². The van der Waals surface area contributed by atoms with E-state index in [0.717, 1.165) is 36.6 Å². The molecule has 0 radical (unpaired) electrons. The number of hydrogen-bond donors (Lipinski definition) is 3. The maximum Gasteiger partial charge on any atom is 0.241 e. The molecule has 8 heteroatoms. The lowest BCUT2D eigenvalue weighted by Gasteiger charge is -2.31. The number of nitrogens with two attached hydrogens (primary N) is 1. The maximum atomic E-state index is 12.4. The number of rotatable bonds is 4. The number of aryl methyl sites for hydroxylation is 1. The Hall–Kier alpha value is -1.31. The number of halogens is 1. The molecule has 0 bridgehead atoms. The SMILES string of the molecule is CC(C)(NS(C)(=O)=O)C(=O)NC1CCCc2cc(N)ccc21.Cl. The zero-order valence-corrected chi connectivity index (χ0v) is 15.2. The lowest BCUT2D eigenvalue weighted by Crippen LogP contribution is -2.55. The standard InChI is InChI=1S/C15H23N3O3S.ClH/c1-15(2,18-22(3,20)21)14(19)17-13-6-4-5-10-9-11(16)7-8-12(10)13;/h7-9,13,18H,4-6,16H2,1-3H3,(H,17,19);1H. The lowest BCUT2D eigenvalue weighted by molar-refractivity contribution is -0.126. The fourth-order valence-electron chi connectivity index (χ4n) is 2.83. The van der Waals surface area contributed by atoms with Gasteiger partial charge in [-0.25, -0.2) is 13.1 Å². The molecule has 0 heterocycles. The van der Waals surface area contributed by atoms with Crippen molar-refractivity contribution in [3.8, 4) is 0 Å². The van der Waals surface area contributed by atoms with Crippen LogP contribution in [-0.2, 0) is 21.2 Å². The highest BCUT2D eigenvalue weighted by Crippen LogP contribution is 2.31. The van der Waals surface area contributed by atoms with E-state index in [1.807, 2.05) is 18.2 Å². The normalized spacial score (nSPS) is 17.8. The minimum absolute atomic E-state index is 0. The summed E-state index contributed by atoms with van der Waals surface area (Å²) in [7, 11) is -3.46. The average Bonchev–Trinajstić information content (AvgIpc) is 2.35. The van der Waals surface area contributed by atoms with E-state index in [2.05, 4.69) is 10.0 Å². The summed E-state index contributed by atoms with van der Waals surface area (Å²) in [5.41, 5.74) is 7.52. The number of benzene rings is 1. The second-order valence-corrected chi connectivity index (χ2v) is 8.12. The Morgan fingerprint density at radius 1 is 1.35 bits per heavy atom. The predicted octanol–water partition coefficient (Wildman–Crippen LogP) is 1.51. The number of anilines is 1. The van der Waals surface area contributed by atoms with Gasteiger partial charge in [-0.3, -0.25) is 4.79 Å². The fourth-order valence-corrected chi connectivity index (χ4v) is 3.85. The Balaban J connectivity index is 0.00000264. The molecule has 130 valence electrons. The van der Waals surface area contributed by atoms with Crippen molar-refractivity contribution in [2.24, 2.45) is 0 Å². The van der Waals surface area contributed by atoms with Crippen LogP contribution >= 0.6 is 12.4 Å². The van der Waals surface area contributed by atoms with Gasteiger partial charge in [0.2, 0.25) is 15.9 Å². The molecule has 0 spiro atoms. The Labute approximate surface area is 143 Å². The highest BCUT2D eigenvalue weighted by Gasteiger charge is 2.33. The molecule has 1 aromatic carbocycles. The van der Waals surface area contributed by atoms with Crippen molar-refractivity contribution in [3.05, 3.63) is 29.3 Å². The molecule has 0 saturated heterocycles. The van der Waals surface area contributed by atoms with Crippen LogP contribution in [0.15, 0.2) is 18.2 Å². The van der Waals surface area contributed by atoms with Crippen molar-refractivity contribution in [1.29, 1.82) is 0 Å². The summed E-state index contributed by atoms with van der Waals surface area (Å²) in [6, 6.07) is 5.58. The quantitative estimate of drug-likeness (QED) is 0.707. The molecule has 1 aliphatic rings. The van der Waals surface area contributed by atoms with Gasteiger partial charge in [-0.15, -0.1) is 12.4 Å². The van der Waals surface area contributed by atoms with Crippen LogP contribution in [0, 0.1) is 0 Å². The van der Waals surface area contributed by atoms with Gasteiger partial charge in [-0.2, -0.15) is 0 Å². The Kier molecular flexibility index (Phi) is 6.06. The van der Waals surface area contributed by atoms with Gasteiger partial charge in [0.1, 0.15) is 5.54 Å². The summed E-state index contributed by atoms with van der Waals surface area (Å²) in [5, 5.41) is 2.95. The fraction of sp³-hybridized carbons (Fsp3) is 0.533. The third-order valence-corrected chi connectivity index (χ3v) is 4.68. The van der Waals surface area contributed by atoms with Gasteiger partial charge in [-0.05, 0) is 56.4 Å². The van der Waals surface area contributed by atoms with Gasteiger partial charge in [-0.1, -0.05) is 6.07 Å². The highest BCUT2D eigenvalue weighted by atomic mass is 35.5. The maximum absolute atomic E-state index is 12.4. The van der Waals surface area contributed by atoms with Crippen molar-refractivity contribution in [3.63, 3.8) is 0 Å². The summed E-state index contributed by atoms with van der Waals surface area (Å²) in [6.45, 7) is 3.10. The van der Waals surface area contributed by atoms with E-state index in [-0.39, 0.29) is 24.4 Å². The minimum Gasteiger partial charge on any atom is -0.399 e. The third kappa shape index (κ3) is 5.09. The van der Waals surface area contributed by atoms with E-state index < -0.39 is 15.6 Å². The Morgan fingerprint density at radius 3 is 2.61 bits per heavy atom. The van der Waals surface area contributed by atoms with Crippen molar-refractivity contribution in [2.45, 2.75) is 44.7 Å². The van der Waals surface area contributed by atoms with Crippen LogP contribution in [0.1, 0.15) is 43.9 Å². The number of fused-ring (bicyclic) bond motifs is 1. The van der Waals surface area contributed by atoms with Gasteiger partial charge in [0.15, 0.2) is 0 Å². The molecule has 0 aromatic heterocycles. The van der Waals surface area contributed by atoms with E-state index >= 15 is 0 Å². The van der Waals surface area contributed by atoms with Gasteiger partial charge in [0.05, 0.1) is 12.3 Å². The average molecular weight is 362 g/mol. The molecule has 4 N–H and O–H groups in total. The van der Waals surface area contributed by atoms with E-state index in [0.29, 0.717) is 5.69 Å². The van der Waals surface area contributed by atoms with Crippen molar-refractivity contribution < 1.29 is 13.2 Å². The molecule has 0 saturated carbocycles. The number of amides is 1. The zero-order chi connectivity index (χ0) is 16.5. The Bertz CT molecular complexity index is 689. The van der Waals surface area contributed by atoms with Gasteiger partial charge < -0.3 is 11.1 Å². The second-order valence-electron chi connectivity index (χ2n) is 6.38. The minimum atomic E-state index is -3.46. The highest BCUT2D eigenvalue weighted by molar-refractivity contribution is 7.88. The van der Waals surface area contributed by atoms with Gasteiger partial charge >= 0.3 is 0 Å². The lowest BCUT2D eigenvalue weighted by atomic mass is 9.87. The summed E-state index contributed by atoms with van der Waals surface area (Å²) in [6.07, 6.45) is 3.78.